The third-order valence-corrected chi connectivity index (χ3v) is 2.64. The topological polar surface area (TPSA) is 38.5 Å². The zero-order valence-electron chi connectivity index (χ0n) is 8.87. The highest BCUT2D eigenvalue weighted by Gasteiger charge is 2.13. The van der Waals surface area contributed by atoms with Gasteiger partial charge in [-0.2, -0.15) is 0 Å². The van der Waals surface area contributed by atoms with E-state index in [0.29, 0.717) is 11.1 Å². The first-order valence-electron chi connectivity index (χ1n) is 5.31. The first kappa shape index (κ1) is 11.9. The number of hydrogen-bond acceptors (Lipinski definition) is 3. The maximum absolute atomic E-state index is 5.57. The minimum absolute atomic E-state index is 0.363. The lowest BCUT2D eigenvalue weighted by atomic mass is 10.2. The van der Waals surface area contributed by atoms with Crippen molar-refractivity contribution in [3.63, 3.8) is 0 Å². The minimum Gasteiger partial charge on any atom is -0.393 e. The van der Waals surface area contributed by atoms with Gasteiger partial charge < -0.3 is 15.4 Å². The van der Waals surface area contributed by atoms with E-state index in [9.17, 15) is 0 Å². The molecule has 0 radical (unpaired) electrons. The van der Waals surface area contributed by atoms with E-state index in [4.69, 9.17) is 22.7 Å². The second kappa shape index (κ2) is 6.32. The average Bonchev–Trinajstić information content (AvgIpc) is 2.29. The molecule has 0 aromatic heterocycles. The van der Waals surface area contributed by atoms with E-state index in [0.717, 1.165) is 45.5 Å². The van der Waals surface area contributed by atoms with Crippen LogP contribution in [0.1, 0.15) is 26.2 Å². The van der Waals surface area contributed by atoms with Crippen molar-refractivity contribution in [2.75, 3.05) is 26.2 Å². The van der Waals surface area contributed by atoms with Crippen molar-refractivity contribution >= 4 is 17.2 Å². The summed E-state index contributed by atoms with van der Waals surface area (Å²) in [5.41, 5.74) is 5.45. The van der Waals surface area contributed by atoms with Crippen LogP contribution < -0.4 is 5.73 Å². The van der Waals surface area contributed by atoms with Crippen LogP contribution in [0.2, 0.25) is 0 Å². The van der Waals surface area contributed by atoms with E-state index in [1.54, 1.807) is 0 Å². The smallest absolute Gasteiger partial charge is 0.0727 e. The van der Waals surface area contributed by atoms with Gasteiger partial charge in [-0.3, -0.25) is 0 Å². The van der Waals surface area contributed by atoms with Crippen LogP contribution >= 0.6 is 12.2 Å². The Morgan fingerprint density at radius 3 is 3.14 bits per heavy atom. The summed E-state index contributed by atoms with van der Waals surface area (Å²) in [5.74, 6) is 0. The fraction of sp³-hybridized carbons (Fsp3) is 0.900. The lowest BCUT2D eigenvalue weighted by molar-refractivity contribution is 0.0677. The van der Waals surface area contributed by atoms with Crippen LogP contribution in [0.3, 0.4) is 0 Å². The molecule has 3 nitrogen and oxygen atoms in total. The number of hydrogen-bond donors (Lipinski definition) is 1. The molecule has 0 aliphatic carbocycles. The largest absolute Gasteiger partial charge is 0.393 e. The SMILES string of the molecule is CC1CN(CCCC(N)=S)CCCO1. The molecule has 0 spiro atoms. The third kappa shape index (κ3) is 4.88. The van der Waals surface area contributed by atoms with E-state index in [1.807, 2.05) is 0 Å². The molecule has 1 atom stereocenters. The third-order valence-electron chi connectivity index (χ3n) is 2.43. The van der Waals surface area contributed by atoms with Gasteiger partial charge >= 0.3 is 0 Å². The first-order valence-corrected chi connectivity index (χ1v) is 5.71. The van der Waals surface area contributed by atoms with Gasteiger partial charge in [0.2, 0.25) is 0 Å². The lowest BCUT2D eigenvalue weighted by Gasteiger charge is -2.21. The van der Waals surface area contributed by atoms with Crippen molar-refractivity contribution in [1.82, 2.24) is 4.90 Å². The summed E-state index contributed by atoms with van der Waals surface area (Å²) < 4.78 is 5.57. The van der Waals surface area contributed by atoms with Gasteiger partial charge in [0.25, 0.3) is 0 Å². The van der Waals surface area contributed by atoms with Crippen molar-refractivity contribution in [2.24, 2.45) is 5.73 Å². The van der Waals surface area contributed by atoms with Crippen LogP contribution in [0, 0.1) is 0 Å². The zero-order valence-corrected chi connectivity index (χ0v) is 9.68. The molecule has 2 N–H and O–H groups in total. The molecule has 0 saturated carbocycles. The number of rotatable bonds is 4. The Labute approximate surface area is 91.6 Å². The summed E-state index contributed by atoms with van der Waals surface area (Å²) in [6, 6.07) is 0. The molecule has 1 heterocycles. The summed E-state index contributed by atoms with van der Waals surface area (Å²) in [7, 11) is 0. The van der Waals surface area contributed by atoms with E-state index in [-0.39, 0.29) is 0 Å². The molecular weight excluding hydrogens is 196 g/mol. The van der Waals surface area contributed by atoms with Crippen molar-refractivity contribution in [2.45, 2.75) is 32.3 Å². The molecule has 1 unspecified atom stereocenters. The van der Waals surface area contributed by atoms with Crippen molar-refractivity contribution in [3.05, 3.63) is 0 Å². The molecule has 0 aromatic rings. The van der Waals surface area contributed by atoms with Gasteiger partial charge in [-0.1, -0.05) is 12.2 Å². The summed E-state index contributed by atoms with van der Waals surface area (Å²) in [6.07, 6.45) is 3.43. The highest BCUT2D eigenvalue weighted by Crippen LogP contribution is 2.06. The molecule has 0 bridgehead atoms. The van der Waals surface area contributed by atoms with Crippen LogP contribution in [0.15, 0.2) is 0 Å². The molecule has 4 heteroatoms. The maximum Gasteiger partial charge on any atom is 0.0727 e. The predicted octanol–water partition coefficient (Wildman–Crippen LogP) is 1.16. The van der Waals surface area contributed by atoms with E-state index >= 15 is 0 Å². The number of thiocarbonyl (C=S) groups is 1. The molecular formula is C10H20N2OS. The number of nitrogens with two attached hydrogens (primary N) is 1. The fourth-order valence-electron chi connectivity index (χ4n) is 1.76. The Balaban J connectivity index is 2.18. The van der Waals surface area contributed by atoms with Gasteiger partial charge in [-0.05, 0) is 32.7 Å². The highest BCUT2D eigenvalue weighted by molar-refractivity contribution is 7.80. The van der Waals surface area contributed by atoms with Crippen LogP contribution in [-0.4, -0.2) is 42.2 Å². The van der Waals surface area contributed by atoms with Crippen molar-refractivity contribution in [3.8, 4) is 0 Å². The summed E-state index contributed by atoms with van der Waals surface area (Å²) in [4.78, 5) is 3.07. The van der Waals surface area contributed by atoms with Crippen LogP contribution in [0.4, 0.5) is 0 Å². The average molecular weight is 216 g/mol. The molecule has 1 aliphatic heterocycles. The molecule has 82 valence electrons. The Hall–Kier alpha value is -0.190. The summed E-state index contributed by atoms with van der Waals surface area (Å²) in [6.45, 7) is 6.29. The lowest BCUT2D eigenvalue weighted by Crippen LogP contribution is -2.31. The first-order chi connectivity index (χ1) is 6.68. The normalized spacial score (nSPS) is 24.5. The molecule has 14 heavy (non-hydrogen) atoms. The van der Waals surface area contributed by atoms with Crippen LogP contribution in [0.5, 0.6) is 0 Å². The highest BCUT2D eigenvalue weighted by atomic mass is 32.1. The Morgan fingerprint density at radius 1 is 1.64 bits per heavy atom. The standard InChI is InChI=1S/C10H20N2OS/c1-9-8-12(6-3-7-13-9)5-2-4-10(11)14/h9H,2-8H2,1H3,(H2,11,14). The van der Waals surface area contributed by atoms with Gasteiger partial charge in [-0.15, -0.1) is 0 Å². The van der Waals surface area contributed by atoms with Gasteiger partial charge in [0.1, 0.15) is 0 Å². The zero-order chi connectivity index (χ0) is 10.4. The van der Waals surface area contributed by atoms with E-state index in [2.05, 4.69) is 11.8 Å². The summed E-state index contributed by atoms with van der Waals surface area (Å²) in [5, 5.41) is 0. The predicted molar refractivity (Wildman–Crippen MR) is 62.5 cm³/mol. The Bertz CT molecular complexity index is 187. The van der Waals surface area contributed by atoms with Gasteiger partial charge in [0.05, 0.1) is 11.1 Å². The second-order valence-corrected chi connectivity index (χ2v) is 4.43. The van der Waals surface area contributed by atoms with Crippen LogP contribution in [-0.2, 0) is 4.74 Å². The molecule has 1 aliphatic rings. The minimum atomic E-state index is 0.363. The Kier molecular flexibility index (Phi) is 5.37. The second-order valence-electron chi connectivity index (χ2n) is 3.91. The van der Waals surface area contributed by atoms with Crippen LogP contribution in [0.25, 0.3) is 0 Å². The van der Waals surface area contributed by atoms with E-state index in [1.165, 1.54) is 0 Å². The fourth-order valence-corrected chi connectivity index (χ4v) is 1.90. The van der Waals surface area contributed by atoms with Gasteiger partial charge in [0, 0.05) is 19.7 Å². The molecule has 1 fully saturated rings. The van der Waals surface area contributed by atoms with Crippen molar-refractivity contribution < 1.29 is 4.74 Å². The quantitative estimate of drug-likeness (QED) is 0.716. The maximum atomic E-state index is 5.57. The molecule has 1 rings (SSSR count). The van der Waals surface area contributed by atoms with Gasteiger partial charge in [0.15, 0.2) is 0 Å². The molecule has 0 amide bonds. The van der Waals surface area contributed by atoms with Crippen molar-refractivity contribution in [1.29, 1.82) is 0 Å². The summed E-state index contributed by atoms with van der Waals surface area (Å²) >= 11 is 4.85. The monoisotopic (exact) mass is 216 g/mol. The molecule has 1 saturated heterocycles. The van der Waals surface area contributed by atoms with E-state index < -0.39 is 0 Å². The number of nitrogens with zero attached hydrogens (tertiary/aromatic N) is 1. The number of ether oxygens (including phenoxy) is 1. The molecule has 0 aromatic carbocycles. The Morgan fingerprint density at radius 2 is 2.43 bits per heavy atom. The van der Waals surface area contributed by atoms with Gasteiger partial charge in [-0.25, -0.2) is 0 Å².